The number of pyridine rings is 1. The van der Waals surface area contributed by atoms with Crippen LogP contribution in [0.2, 0.25) is 0 Å². The Kier molecular flexibility index (Phi) is 2.82. The molecule has 1 heterocycles. The quantitative estimate of drug-likeness (QED) is 0.840. The molecule has 1 aromatic heterocycles. The second-order valence-corrected chi connectivity index (χ2v) is 5.27. The van der Waals surface area contributed by atoms with E-state index in [1.54, 1.807) is 0 Å². The summed E-state index contributed by atoms with van der Waals surface area (Å²) in [4.78, 5) is 6.52. The monoisotopic (exact) mass is 241 g/mol. The summed E-state index contributed by atoms with van der Waals surface area (Å²) in [6.07, 6.45) is 7.83. The van der Waals surface area contributed by atoms with Crippen molar-refractivity contribution < 1.29 is 0 Å². The second kappa shape index (κ2) is 4.48. The molecule has 18 heavy (non-hydrogen) atoms. The van der Waals surface area contributed by atoms with Gasteiger partial charge in [0.25, 0.3) is 0 Å². The van der Waals surface area contributed by atoms with Crippen LogP contribution in [0.5, 0.6) is 0 Å². The first-order chi connectivity index (χ1) is 8.75. The predicted octanol–water partition coefficient (Wildman–Crippen LogP) is 3.05. The molecule has 1 saturated carbocycles. The van der Waals surface area contributed by atoms with Crippen LogP contribution in [-0.2, 0) is 0 Å². The molecule has 0 amide bonds. The van der Waals surface area contributed by atoms with Crippen LogP contribution in [0.15, 0.2) is 30.6 Å². The van der Waals surface area contributed by atoms with Crippen molar-refractivity contribution in [3.8, 4) is 0 Å². The summed E-state index contributed by atoms with van der Waals surface area (Å²) in [5.74, 6) is 0.865. The van der Waals surface area contributed by atoms with E-state index in [1.165, 1.54) is 30.3 Å². The van der Waals surface area contributed by atoms with Crippen molar-refractivity contribution >= 4 is 22.1 Å². The number of rotatable bonds is 3. The number of benzene rings is 1. The molecular weight excluding hydrogens is 222 g/mol. The first kappa shape index (κ1) is 11.3. The van der Waals surface area contributed by atoms with Gasteiger partial charge >= 0.3 is 0 Å². The maximum Gasteiger partial charge on any atom is 0.0446 e. The van der Waals surface area contributed by atoms with Crippen molar-refractivity contribution in [1.82, 2.24) is 4.98 Å². The number of aromatic nitrogens is 1. The van der Waals surface area contributed by atoms with Gasteiger partial charge in [-0.25, -0.2) is 0 Å². The van der Waals surface area contributed by atoms with Crippen LogP contribution in [-0.4, -0.2) is 18.6 Å². The lowest BCUT2D eigenvalue weighted by Gasteiger charge is -2.32. The van der Waals surface area contributed by atoms with Gasteiger partial charge in [-0.2, -0.15) is 0 Å². The Hall–Kier alpha value is -1.77. The zero-order valence-corrected chi connectivity index (χ0v) is 10.8. The Morgan fingerprint density at radius 2 is 2.11 bits per heavy atom. The molecule has 1 fully saturated rings. The smallest absolute Gasteiger partial charge is 0.0446 e. The third kappa shape index (κ3) is 1.90. The van der Waals surface area contributed by atoms with Crippen molar-refractivity contribution in [2.24, 2.45) is 5.92 Å². The SMILES string of the molecule is CN(CC1CCC1)c1ccc(N)c2cnccc12. The Bertz CT molecular complexity index is 561. The summed E-state index contributed by atoms with van der Waals surface area (Å²) < 4.78 is 0. The van der Waals surface area contributed by atoms with Crippen molar-refractivity contribution in [2.75, 3.05) is 24.2 Å². The Morgan fingerprint density at radius 1 is 1.28 bits per heavy atom. The molecule has 94 valence electrons. The maximum absolute atomic E-state index is 6.01. The number of nitrogen functional groups attached to an aromatic ring is 1. The molecule has 0 spiro atoms. The van der Waals surface area contributed by atoms with Gasteiger partial charge in [0.15, 0.2) is 0 Å². The lowest BCUT2D eigenvalue weighted by molar-refractivity contribution is 0.321. The minimum Gasteiger partial charge on any atom is -0.398 e. The molecule has 1 aromatic carbocycles. The molecule has 1 aliphatic carbocycles. The lowest BCUT2D eigenvalue weighted by atomic mass is 9.85. The van der Waals surface area contributed by atoms with Crippen molar-refractivity contribution in [1.29, 1.82) is 0 Å². The van der Waals surface area contributed by atoms with Crippen LogP contribution in [0.1, 0.15) is 19.3 Å². The summed E-state index contributed by atoms with van der Waals surface area (Å²) in [5.41, 5.74) is 8.07. The van der Waals surface area contributed by atoms with Crippen LogP contribution in [0, 0.1) is 5.92 Å². The Morgan fingerprint density at radius 3 is 2.83 bits per heavy atom. The summed E-state index contributed by atoms with van der Waals surface area (Å²) >= 11 is 0. The van der Waals surface area contributed by atoms with Crippen LogP contribution in [0.4, 0.5) is 11.4 Å². The number of hydrogen-bond acceptors (Lipinski definition) is 3. The number of nitrogens with zero attached hydrogens (tertiary/aromatic N) is 2. The average molecular weight is 241 g/mol. The summed E-state index contributed by atoms with van der Waals surface area (Å²) in [5, 5.41) is 2.25. The van der Waals surface area contributed by atoms with E-state index >= 15 is 0 Å². The normalized spacial score (nSPS) is 15.6. The van der Waals surface area contributed by atoms with E-state index < -0.39 is 0 Å². The summed E-state index contributed by atoms with van der Waals surface area (Å²) in [7, 11) is 2.17. The Labute approximate surface area is 108 Å². The molecule has 3 rings (SSSR count). The average Bonchev–Trinajstić information content (AvgIpc) is 2.34. The van der Waals surface area contributed by atoms with E-state index in [0.29, 0.717) is 0 Å². The highest BCUT2D eigenvalue weighted by atomic mass is 15.1. The zero-order valence-electron chi connectivity index (χ0n) is 10.8. The van der Waals surface area contributed by atoms with E-state index in [0.717, 1.165) is 23.5 Å². The van der Waals surface area contributed by atoms with E-state index in [1.807, 2.05) is 18.5 Å². The largest absolute Gasteiger partial charge is 0.398 e. The fourth-order valence-corrected chi connectivity index (χ4v) is 2.69. The third-order valence-corrected chi connectivity index (χ3v) is 4.00. The van der Waals surface area contributed by atoms with Crippen molar-refractivity contribution in [2.45, 2.75) is 19.3 Å². The molecule has 0 bridgehead atoms. The van der Waals surface area contributed by atoms with Gasteiger partial charge in [0.05, 0.1) is 0 Å². The standard InChI is InChI=1S/C15H19N3/c1-18(10-11-3-2-4-11)15-6-5-14(16)13-9-17-8-7-12(13)15/h5-9,11H,2-4,10,16H2,1H3. The van der Waals surface area contributed by atoms with Gasteiger partial charge in [0.2, 0.25) is 0 Å². The van der Waals surface area contributed by atoms with Crippen LogP contribution < -0.4 is 10.6 Å². The van der Waals surface area contributed by atoms with E-state index in [4.69, 9.17) is 5.73 Å². The molecule has 2 N–H and O–H groups in total. The fraction of sp³-hybridized carbons (Fsp3) is 0.400. The molecule has 0 atom stereocenters. The highest BCUT2D eigenvalue weighted by Gasteiger charge is 2.20. The van der Waals surface area contributed by atoms with Gasteiger partial charge in [-0.3, -0.25) is 4.98 Å². The fourth-order valence-electron chi connectivity index (χ4n) is 2.69. The summed E-state index contributed by atoms with van der Waals surface area (Å²) in [6, 6.07) is 6.16. The van der Waals surface area contributed by atoms with Gasteiger partial charge in [0, 0.05) is 48.1 Å². The number of anilines is 2. The van der Waals surface area contributed by atoms with Gasteiger partial charge < -0.3 is 10.6 Å². The predicted molar refractivity (Wildman–Crippen MR) is 76.8 cm³/mol. The van der Waals surface area contributed by atoms with Gasteiger partial charge in [-0.15, -0.1) is 0 Å². The zero-order chi connectivity index (χ0) is 12.5. The highest BCUT2D eigenvalue weighted by Crippen LogP contribution is 2.33. The van der Waals surface area contributed by atoms with Crippen LogP contribution in [0.3, 0.4) is 0 Å². The molecule has 0 radical (unpaired) electrons. The molecule has 0 aliphatic heterocycles. The van der Waals surface area contributed by atoms with Crippen molar-refractivity contribution in [3.63, 3.8) is 0 Å². The van der Waals surface area contributed by atoms with Gasteiger partial charge in [-0.05, 0) is 37.0 Å². The topological polar surface area (TPSA) is 42.1 Å². The summed E-state index contributed by atoms with van der Waals surface area (Å²) in [6.45, 7) is 1.14. The molecule has 0 unspecified atom stereocenters. The first-order valence-corrected chi connectivity index (χ1v) is 6.59. The molecule has 0 saturated heterocycles. The molecule has 2 aromatic rings. The number of fused-ring (bicyclic) bond motifs is 1. The lowest BCUT2D eigenvalue weighted by Crippen LogP contribution is -2.29. The molecular formula is C15H19N3. The molecule has 3 heteroatoms. The molecule has 1 aliphatic rings. The van der Waals surface area contributed by atoms with Crippen LogP contribution in [0.25, 0.3) is 10.8 Å². The third-order valence-electron chi connectivity index (χ3n) is 4.00. The van der Waals surface area contributed by atoms with Crippen molar-refractivity contribution in [3.05, 3.63) is 30.6 Å². The first-order valence-electron chi connectivity index (χ1n) is 6.59. The number of hydrogen-bond donors (Lipinski definition) is 1. The van der Waals surface area contributed by atoms with Crippen LogP contribution >= 0.6 is 0 Å². The second-order valence-electron chi connectivity index (χ2n) is 5.27. The van der Waals surface area contributed by atoms with Gasteiger partial charge in [-0.1, -0.05) is 6.42 Å². The minimum absolute atomic E-state index is 0.805. The molecule has 3 nitrogen and oxygen atoms in total. The van der Waals surface area contributed by atoms with E-state index in [9.17, 15) is 0 Å². The van der Waals surface area contributed by atoms with Gasteiger partial charge in [0.1, 0.15) is 0 Å². The number of nitrogens with two attached hydrogens (primary N) is 1. The Balaban J connectivity index is 1.97. The van der Waals surface area contributed by atoms with E-state index in [2.05, 4.69) is 29.1 Å². The van der Waals surface area contributed by atoms with E-state index in [-0.39, 0.29) is 0 Å². The highest BCUT2D eigenvalue weighted by molar-refractivity contribution is 6.00. The minimum atomic E-state index is 0.805. The maximum atomic E-state index is 6.01.